The van der Waals surface area contributed by atoms with Crippen molar-refractivity contribution in [2.24, 2.45) is 0 Å². The molecule has 1 atom stereocenters. The topological polar surface area (TPSA) is 69.4 Å². The molecule has 0 bridgehead atoms. The van der Waals surface area contributed by atoms with E-state index in [4.69, 9.17) is 4.74 Å². The first-order valence-electron chi connectivity index (χ1n) is 5.03. The van der Waals surface area contributed by atoms with E-state index in [1.54, 1.807) is 13.0 Å². The van der Waals surface area contributed by atoms with E-state index in [0.717, 1.165) is 0 Å². The van der Waals surface area contributed by atoms with E-state index in [1.165, 1.54) is 19.1 Å². The zero-order chi connectivity index (χ0) is 13.0. The van der Waals surface area contributed by atoms with Gasteiger partial charge < -0.3 is 4.74 Å². The van der Waals surface area contributed by atoms with Gasteiger partial charge in [-0.1, -0.05) is 22.0 Å². The highest BCUT2D eigenvalue weighted by Crippen LogP contribution is 2.33. The van der Waals surface area contributed by atoms with Gasteiger partial charge in [0.2, 0.25) is 0 Å². The quantitative estimate of drug-likeness (QED) is 0.476. The van der Waals surface area contributed by atoms with Gasteiger partial charge in [0.15, 0.2) is 5.75 Å². The fraction of sp³-hybridized carbons (Fsp3) is 0.364. The number of rotatable bonds is 5. The Morgan fingerprint density at radius 3 is 2.71 bits per heavy atom. The zero-order valence-electron chi connectivity index (χ0n) is 9.47. The summed E-state index contributed by atoms with van der Waals surface area (Å²) in [6, 6.07) is 4.40. The highest BCUT2D eigenvalue weighted by Gasteiger charge is 2.19. The average Bonchev–Trinajstić information content (AvgIpc) is 2.27. The molecule has 0 saturated carbocycles. The van der Waals surface area contributed by atoms with E-state index in [-0.39, 0.29) is 17.2 Å². The Labute approximate surface area is 107 Å². The van der Waals surface area contributed by atoms with Crippen LogP contribution in [0, 0.1) is 10.1 Å². The Hall–Kier alpha value is -1.43. The lowest BCUT2D eigenvalue weighted by Gasteiger charge is -2.09. The summed E-state index contributed by atoms with van der Waals surface area (Å²) in [5, 5.41) is 10.8. The molecule has 0 aliphatic heterocycles. The van der Waals surface area contributed by atoms with Crippen LogP contribution in [-0.4, -0.2) is 17.3 Å². The minimum absolute atomic E-state index is 0.0682. The molecule has 0 heterocycles. The normalized spacial score (nSPS) is 11.9. The summed E-state index contributed by atoms with van der Waals surface area (Å²) in [6.07, 6.45) is 0. The Morgan fingerprint density at radius 1 is 1.59 bits per heavy atom. The van der Waals surface area contributed by atoms with E-state index >= 15 is 0 Å². The van der Waals surface area contributed by atoms with Gasteiger partial charge in [0.05, 0.1) is 16.4 Å². The Morgan fingerprint density at radius 2 is 2.24 bits per heavy atom. The van der Waals surface area contributed by atoms with Crippen LogP contribution < -0.4 is 4.74 Å². The number of carbonyl (C=O) groups is 1. The first-order chi connectivity index (χ1) is 7.97. The van der Waals surface area contributed by atoms with Crippen molar-refractivity contribution >= 4 is 27.4 Å². The van der Waals surface area contributed by atoms with Gasteiger partial charge in [0.1, 0.15) is 5.78 Å². The molecule has 0 fully saturated rings. The molecule has 6 heteroatoms. The fourth-order valence-corrected chi connectivity index (χ4v) is 1.63. The second kappa shape index (κ2) is 5.77. The molecule has 1 unspecified atom stereocenters. The molecule has 0 saturated heterocycles. The molecule has 0 amide bonds. The van der Waals surface area contributed by atoms with E-state index in [9.17, 15) is 14.9 Å². The summed E-state index contributed by atoms with van der Waals surface area (Å²) in [6.45, 7) is 3.52. The molecule has 1 rings (SSSR count). The van der Waals surface area contributed by atoms with Gasteiger partial charge in [-0.3, -0.25) is 14.9 Å². The number of hydrogen-bond acceptors (Lipinski definition) is 4. The highest BCUT2D eigenvalue weighted by molar-refractivity contribution is 9.09. The molecule has 0 aliphatic rings. The molecule has 5 nitrogen and oxygen atoms in total. The molecular weight excluding hydrogens is 290 g/mol. The standard InChI is InChI=1S/C11H12BrNO4/c1-3-17-10-6-8(11(12)7(2)14)4-5-9(10)13(15)16/h4-6,11H,3H2,1-2H3. The molecule has 0 aliphatic carbocycles. The van der Waals surface area contributed by atoms with Gasteiger partial charge in [-0.25, -0.2) is 0 Å². The van der Waals surface area contributed by atoms with E-state index in [2.05, 4.69) is 15.9 Å². The van der Waals surface area contributed by atoms with Crippen molar-refractivity contribution in [3.05, 3.63) is 33.9 Å². The maximum Gasteiger partial charge on any atom is 0.310 e. The minimum atomic E-state index is -0.508. The lowest BCUT2D eigenvalue weighted by Crippen LogP contribution is -2.03. The van der Waals surface area contributed by atoms with Gasteiger partial charge in [-0.15, -0.1) is 0 Å². The average molecular weight is 302 g/mol. The van der Waals surface area contributed by atoms with E-state index < -0.39 is 9.75 Å². The van der Waals surface area contributed by atoms with Crippen molar-refractivity contribution in [2.45, 2.75) is 18.7 Å². The van der Waals surface area contributed by atoms with Crippen molar-refractivity contribution in [2.75, 3.05) is 6.61 Å². The molecule has 0 spiro atoms. The molecule has 0 radical (unpaired) electrons. The van der Waals surface area contributed by atoms with Crippen LogP contribution in [0.25, 0.3) is 0 Å². The van der Waals surface area contributed by atoms with Crippen LogP contribution in [0.5, 0.6) is 5.75 Å². The molecule has 0 aromatic heterocycles. The molecule has 1 aromatic carbocycles. The first-order valence-corrected chi connectivity index (χ1v) is 5.94. The van der Waals surface area contributed by atoms with Crippen molar-refractivity contribution < 1.29 is 14.5 Å². The van der Waals surface area contributed by atoms with E-state index in [0.29, 0.717) is 12.2 Å². The van der Waals surface area contributed by atoms with Crippen molar-refractivity contribution in [1.82, 2.24) is 0 Å². The third-order valence-corrected chi connectivity index (χ3v) is 3.30. The lowest BCUT2D eigenvalue weighted by molar-refractivity contribution is -0.385. The number of ketones is 1. The second-order valence-electron chi connectivity index (χ2n) is 3.39. The third-order valence-electron chi connectivity index (χ3n) is 2.13. The first kappa shape index (κ1) is 13.6. The molecule has 1 aromatic rings. The summed E-state index contributed by atoms with van der Waals surface area (Å²) in [4.78, 5) is 21.0. The number of Topliss-reactive ketones (excluding diaryl/α,β-unsaturated/α-hetero) is 1. The summed E-state index contributed by atoms with van der Waals surface area (Å²) in [5.41, 5.74) is 0.547. The molecule has 0 N–H and O–H groups in total. The predicted molar refractivity (Wildman–Crippen MR) is 66.6 cm³/mol. The monoisotopic (exact) mass is 301 g/mol. The number of nitro groups is 1. The maximum absolute atomic E-state index is 11.2. The van der Waals surface area contributed by atoms with Crippen LogP contribution in [0.15, 0.2) is 18.2 Å². The second-order valence-corrected chi connectivity index (χ2v) is 4.31. The van der Waals surface area contributed by atoms with Crippen molar-refractivity contribution in [3.63, 3.8) is 0 Å². The van der Waals surface area contributed by atoms with Gasteiger partial charge in [-0.05, 0) is 25.5 Å². The lowest BCUT2D eigenvalue weighted by atomic mass is 10.1. The summed E-state index contributed by atoms with van der Waals surface area (Å²) >= 11 is 3.22. The number of ether oxygens (including phenoxy) is 1. The number of nitro benzene ring substituents is 1. The Kier molecular flexibility index (Phi) is 4.62. The van der Waals surface area contributed by atoms with Crippen molar-refractivity contribution in [3.8, 4) is 5.75 Å². The summed E-state index contributed by atoms with van der Waals surface area (Å²) in [7, 11) is 0. The maximum atomic E-state index is 11.2. The molecular formula is C11H12BrNO4. The van der Waals surface area contributed by atoms with Crippen LogP contribution in [0.2, 0.25) is 0 Å². The minimum Gasteiger partial charge on any atom is -0.487 e. The number of halogens is 1. The highest BCUT2D eigenvalue weighted by atomic mass is 79.9. The Balaban J connectivity index is 3.17. The number of carbonyl (C=O) groups excluding carboxylic acids is 1. The zero-order valence-corrected chi connectivity index (χ0v) is 11.1. The van der Waals surface area contributed by atoms with Crippen LogP contribution in [0.1, 0.15) is 24.2 Å². The van der Waals surface area contributed by atoms with Crippen LogP contribution in [-0.2, 0) is 4.79 Å². The summed E-state index contributed by atoms with van der Waals surface area (Å²) < 4.78 is 5.20. The SMILES string of the molecule is CCOc1cc(C(Br)C(C)=O)ccc1[N+](=O)[O-]. The van der Waals surface area contributed by atoms with Gasteiger partial charge in [0, 0.05) is 6.07 Å². The fourth-order valence-electron chi connectivity index (χ4n) is 1.35. The number of hydrogen-bond donors (Lipinski definition) is 0. The molecule has 92 valence electrons. The van der Waals surface area contributed by atoms with E-state index in [1.807, 2.05) is 0 Å². The molecule has 17 heavy (non-hydrogen) atoms. The largest absolute Gasteiger partial charge is 0.487 e. The van der Waals surface area contributed by atoms with Crippen LogP contribution in [0.4, 0.5) is 5.69 Å². The van der Waals surface area contributed by atoms with Gasteiger partial charge in [0.25, 0.3) is 0 Å². The number of nitrogens with zero attached hydrogens (tertiary/aromatic N) is 1. The summed E-state index contributed by atoms with van der Waals surface area (Å²) in [5.74, 6) is 0.113. The smallest absolute Gasteiger partial charge is 0.310 e. The van der Waals surface area contributed by atoms with Crippen molar-refractivity contribution in [1.29, 1.82) is 0 Å². The predicted octanol–water partition coefficient (Wildman–Crippen LogP) is 3.02. The third kappa shape index (κ3) is 3.26. The van der Waals surface area contributed by atoms with Crippen LogP contribution >= 0.6 is 15.9 Å². The number of alkyl halides is 1. The number of benzene rings is 1. The van der Waals surface area contributed by atoms with Crippen LogP contribution in [0.3, 0.4) is 0 Å². The van der Waals surface area contributed by atoms with Gasteiger partial charge in [-0.2, -0.15) is 0 Å². The van der Waals surface area contributed by atoms with Gasteiger partial charge >= 0.3 is 5.69 Å². The Bertz CT molecular complexity index is 447.